The second-order valence-electron chi connectivity index (χ2n) is 8.02. The van der Waals surface area contributed by atoms with Crippen LogP contribution in [0.4, 0.5) is 5.82 Å². The molecule has 1 saturated carbocycles. The number of fused-ring (bicyclic) bond motifs is 1. The van der Waals surface area contributed by atoms with Crippen molar-refractivity contribution in [1.29, 1.82) is 0 Å². The van der Waals surface area contributed by atoms with E-state index in [0.717, 1.165) is 42.4 Å². The third-order valence-electron chi connectivity index (χ3n) is 5.34. The van der Waals surface area contributed by atoms with Gasteiger partial charge >= 0.3 is 0 Å². The molecule has 3 N–H and O–H groups in total. The van der Waals surface area contributed by atoms with Gasteiger partial charge in [-0.2, -0.15) is 8.42 Å². The van der Waals surface area contributed by atoms with Crippen LogP contribution < -0.4 is 15.4 Å². The lowest BCUT2D eigenvalue weighted by Crippen LogP contribution is -2.40. The minimum atomic E-state index is -3.67. The highest BCUT2D eigenvalue weighted by atomic mass is 32.2. The lowest BCUT2D eigenvalue weighted by molar-refractivity contribution is 0.0926. The number of pyridine rings is 1. The molecule has 0 bridgehead atoms. The molecule has 1 aliphatic rings. The van der Waals surface area contributed by atoms with Crippen molar-refractivity contribution in [3.63, 3.8) is 0 Å². The molecule has 8 nitrogen and oxygen atoms in total. The summed E-state index contributed by atoms with van der Waals surface area (Å²) in [4.78, 5) is 17.2. The van der Waals surface area contributed by atoms with Crippen molar-refractivity contribution in [2.45, 2.75) is 37.8 Å². The Morgan fingerprint density at radius 2 is 1.67 bits per heavy atom. The van der Waals surface area contributed by atoms with Gasteiger partial charge in [0, 0.05) is 23.0 Å². The van der Waals surface area contributed by atoms with Crippen molar-refractivity contribution < 1.29 is 22.5 Å². The number of para-hydroxylation sites is 1. The van der Waals surface area contributed by atoms with Gasteiger partial charge < -0.3 is 15.4 Å². The van der Waals surface area contributed by atoms with Crippen LogP contribution in [0, 0.1) is 0 Å². The van der Waals surface area contributed by atoms with Crippen LogP contribution in [0.5, 0.6) is 5.75 Å². The molecule has 0 unspecified atom stereocenters. The van der Waals surface area contributed by atoms with E-state index in [0.29, 0.717) is 23.6 Å². The maximum Gasteiger partial charge on any atom is 0.261 e. The summed E-state index contributed by atoms with van der Waals surface area (Å²) in [6, 6.07) is 20.1. The van der Waals surface area contributed by atoms with Crippen molar-refractivity contribution >= 4 is 32.7 Å². The van der Waals surface area contributed by atoms with Gasteiger partial charge in [-0.05, 0) is 62.1 Å². The van der Waals surface area contributed by atoms with E-state index in [2.05, 4.69) is 22.8 Å². The number of methoxy groups -OCH3 is 1. The van der Waals surface area contributed by atoms with Crippen LogP contribution in [0.2, 0.25) is 0 Å². The van der Waals surface area contributed by atoms with Crippen LogP contribution in [-0.2, 0) is 10.1 Å². The normalized spacial score (nSPS) is 18.0. The van der Waals surface area contributed by atoms with Gasteiger partial charge in [0.1, 0.15) is 11.6 Å². The van der Waals surface area contributed by atoms with E-state index in [9.17, 15) is 13.2 Å². The fourth-order valence-corrected chi connectivity index (χ4v) is 3.77. The Morgan fingerprint density at radius 3 is 2.36 bits per heavy atom. The number of rotatable bonds is 5. The average Bonchev–Trinajstić information content (AvgIpc) is 2.79. The van der Waals surface area contributed by atoms with Crippen LogP contribution in [0.25, 0.3) is 10.9 Å². The Hall–Kier alpha value is -3.17. The summed E-state index contributed by atoms with van der Waals surface area (Å²) >= 11 is 0. The van der Waals surface area contributed by atoms with Gasteiger partial charge in [0.2, 0.25) is 0 Å². The predicted molar refractivity (Wildman–Crippen MR) is 129 cm³/mol. The fourth-order valence-electron chi connectivity index (χ4n) is 3.77. The first-order valence-corrected chi connectivity index (χ1v) is 12.6. The highest BCUT2D eigenvalue weighted by molar-refractivity contribution is 7.85. The first kappa shape index (κ1) is 24.5. The number of carbonyl (C=O) groups is 1. The van der Waals surface area contributed by atoms with Gasteiger partial charge in [0.25, 0.3) is 16.0 Å². The van der Waals surface area contributed by atoms with Crippen LogP contribution in [0.15, 0.2) is 60.7 Å². The molecule has 0 saturated heterocycles. The molecule has 1 aromatic heterocycles. The quantitative estimate of drug-likeness (QED) is 0.483. The zero-order valence-electron chi connectivity index (χ0n) is 18.7. The lowest BCUT2D eigenvalue weighted by atomic mass is 9.91. The SMILES string of the molecule is COc1cccc(C(=O)N[C@H]2CC[C@@H](Nc3ccc4ccccc4n3)CC2)c1.CS(=O)(=O)O. The minimum Gasteiger partial charge on any atom is -0.497 e. The second-order valence-corrected chi connectivity index (χ2v) is 9.49. The molecule has 1 amide bonds. The molecule has 2 aromatic carbocycles. The lowest BCUT2D eigenvalue weighted by Gasteiger charge is -2.30. The zero-order chi connectivity index (χ0) is 23.8. The summed E-state index contributed by atoms with van der Waals surface area (Å²) in [5, 5.41) is 7.86. The van der Waals surface area contributed by atoms with Crippen molar-refractivity contribution in [1.82, 2.24) is 10.3 Å². The van der Waals surface area contributed by atoms with Crippen LogP contribution >= 0.6 is 0 Å². The number of hydrogen-bond acceptors (Lipinski definition) is 6. The standard InChI is InChI=1S/C23H25N3O2.CH4O3S/c1-28-20-7-4-6-17(15-20)23(27)25-19-12-10-18(11-13-19)24-22-14-9-16-5-2-3-8-21(16)26-22;1-5(2,3)4/h2-9,14-15,18-19H,10-13H2,1H3,(H,24,26)(H,25,27);1H3,(H,2,3,4)/t18-,19+;. The van der Waals surface area contributed by atoms with E-state index in [1.807, 2.05) is 42.5 Å². The molecular formula is C24H29N3O5S. The molecule has 0 spiro atoms. The topological polar surface area (TPSA) is 118 Å². The summed E-state index contributed by atoms with van der Waals surface area (Å²) in [6.45, 7) is 0. The number of nitrogens with one attached hydrogen (secondary N) is 2. The smallest absolute Gasteiger partial charge is 0.261 e. The Kier molecular flexibility index (Phi) is 8.24. The van der Waals surface area contributed by atoms with E-state index in [1.165, 1.54) is 0 Å². The molecule has 0 radical (unpaired) electrons. The van der Waals surface area contributed by atoms with Gasteiger partial charge in [-0.25, -0.2) is 4.98 Å². The molecule has 9 heteroatoms. The van der Waals surface area contributed by atoms with Crippen molar-refractivity contribution in [3.8, 4) is 5.75 Å². The molecule has 176 valence electrons. The number of benzene rings is 2. The average molecular weight is 472 g/mol. The second kappa shape index (κ2) is 11.1. The number of amides is 1. The summed E-state index contributed by atoms with van der Waals surface area (Å²) < 4.78 is 31.1. The molecule has 4 rings (SSSR count). The third-order valence-corrected chi connectivity index (χ3v) is 5.34. The van der Waals surface area contributed by atoms with Gasteiger partial charge in [-0.1, -0.05) is 24.3 Å². The van der Waals surface area contributed by atoms with Gasteiger partial charge in [-0.3, -0.25) is 9.35 Å². The van der Waals surface area contributed by atoms with Crippen molar-refractivity contribution in [3.05, 3.63) is 66.2 Å². The number of anilines is 1. The molecule has 33 heavy (non-hydrogen) atoms. The monoisotopic (exact) mass is 471 g/mol. The van der Waals surface area contributed by atoms with Gasteiger partial charge in [0.15, 0.2) is 0 Å². The van der Waals surface area contributed by atoms with Gasteiger partial charge in [0.05, 0.1) is 18.9 Å². The summed E-state index contributed by atoms with van der Waals surface area (Å²) in [5.74, 6) is 1.58. The molecule has 1 aliphatic carbocycles. The largest absolute Gasteiger partial charge is 0.497 e. The van der Waals surface area contributed by atoms with Crippen molar-refractivity contribution in [2.75, 3.05) is 18.7 Å². The number of hydrogen-bond donors (Lipinski definition) is 3. The predicted octanol–water partition coefficient (Wildman–Crippen LogP) is 3.90. The first-order valence-electron chi connectivity index (χ1n) is 10.7. The third kappa shape index (κ3) is 8.03. The summed E-state index contributed by atoms with van der Waals surface area (Å²) in [7, 11) is -2.06. The molecule has 1 heterocycles. The van der Waals surface area contributed by atoms with E-state index >= 15 is 0 Å². The molecule has 0 aliphatic heterocycles. The Morgan fingerprint density at radius 1 is 1.00 bits per heavy atom. The summed E-state index contributed by atoms with van der Waals surface area (Å²) in [6.07, 6.45) is 4.66. The first-order chi connectivity index (χ1) is 15.7. The highest BCUT2D eigenvalue weighted by Gasteiger charge is 2.23. The Bertz CT molecular complexity index is 1180. The van der Waals surface area contributed by atoms with Crippen LogP contribution in [0.3, 0.4) is 0 Å². The number of aromatic nitrogens is 1. The maximum atomic E-state index is 12.5. The minimum absolute atomic E-state index is 0.0356. The van der Waals surface area contributed by atoms with E-state index in [-0.39, 0.29) is 11.9 Å². The van der Waals surface area contributed by atoms with Crippen LogP contribution in [-0.4, -0.2) is 49.3 Å². The van der Waals surface area contributed by atoms with Crippen LogP contribution in [0.1, 0.15) is 36.0 Å². The Balaban J connectivity index is 0.000000555. The number of ether oxygens (including phenoxy) is 1. The summed E-state index contributed by atoms with van der Waals surface area (Å²) in [5.41, 5.74) is 1.65. The van der Waals surface area contributed by atoms with E-state index in [1.54, 1.807) is 13.2 Å². The maximum absolute atomic E-state index is 12.5. The number of nitrogens with zero attached hydrogens (tertiary/aromatic N) is 1. The Labute approximate surface area is 194 Å². The number of carbonyl (C=O) groups excluding carboxylic acids is 1. The van der Waals surface area contributed by atoms with Crippen molar-refractivity contribution in [2.24, 2.45) is 0 Å². The molecule has 0 atom stereocenters. The van der Waals surface area contributed by atoms with E-state index in [4.69, 9.17) is 14.3 Å². The molecule has 3 aromatic rings. The van der Waals surface area contributed by atoms with E-state index < -0.39 is 10.1 Å². The zero-order valence-corrected chi connectivity index (χ0v) is 19.5. The van der Waals surface area contributed by atoms with Gasteiger partial charge in [-0.15, -0.1) is 0 Å². The fraction of sp³-hybridized carbons (Fsp3) is 0.333. The highest BCUT2D eigenvalue weighted by Crippen LogP contribution is 2.23. The molecular weight excluding hydrogens is 442 g/mol. The molecule has 1 fully saturated rings.